The van der Waals surface area contributed by atoms with Gasteiger partial charge in [-0.2, -0.15) is 26.3 Å². The molecule has 0 bridgehead atoms. The summed E-state index contributed by atoms with van der Waals surface area (Å²) in [6.07, 6.45) is -9.67. The Bertz CT molecular complexity index is 595. The van der Waals surface area contributed by atoms with Crippen molar-refractivity contribution in [2.75, 3.05) is 26.2 Å². The van der Waals surface area contributed by atoms with Gasteiger partial charge in [0.1, 0.15) is 0 Å². The van der Waals surface area contributed by atoms with Gasteiger partial charge >= 0.3 is 12.4 Å². The second-order valence-electron chi connectivity index (χ2n) is 7.35. The van der Waals surface area contributed by atoms with Gasteiger partial charge in [-0.15, -0.1) is 0 Å². The zero-order valence-electron chi connectivity index (χ0n) is 14.4. The second kappa shape index (κ2) is 6.79. The molecule has 0 unspecified atom stereocenters. The summed E-state index contributed by atoms with van der Waals surface area (Å²) >= 11 is 0. The van der Waals surface area contributed by atoms with E-state index in [0.717, 1.165) is 12.1 Å². The topological polar surface area (TPSA) is 15.3 Å². The van der Waals surface area contributed by atoms with E-state index in [1.807, 2.05) is 4.90 Å². The Labute approximate surface area is 143 Å². The van der Waals surface area contributed by atoms with Crippen LogP contribution >= 0.6 is 0 Å². The lowest BCUT2D eigenvalue weighted by atomic mass is 9.79. The molecule has 142 valence electrons. The minimum atomic E-state index is -4.85. The molecule has 0 amide bonds. The predicted octanol–water partition coefficient (Wildman–Crippen LogP) is 4.72. The number of nitrogens with one attached hydrogen (secondary N) is 1. The van der Waals surface area contributed by atoms with Crippen molar-refractivity contribution >= 4 is 0 Å². The third-order valence-electron chi connectivity index (χ3n) is 4.32. The molecule has 1 aliphatic heterocycles. The molecule has 1 atom stereocenters. The molecule has 8 heteroatoms. The van der Waals surface area contributed by atoms with E-state index >= 15 is 0 Å². The van der Waals surface area contributed by atoms with Crippen LogP contribution in [0.4, 0.5) is 26.3 Å². The third kappa shape index (κ3) is 4.67. The highest BCUT2D eigenvalue weighted by Crippen LogP contribution is 2.45. The fourth-order valence-electron chi connectivity index (χ4n) is 3.37. The Hall–Kier alpha value is -1.28. The summed E-state index contributed by atoms with van der Waals surface area (Å²) in [5.74, 6) is 0. The minimum Gasteiger partial charge on any atom is -0.314 e. The van der Waals surface area contributed by atoms with E-state index in [-0.39, 0.29) is 11.6 Å². The molecule has 0 saturated carbocycles. The monoisotopic (exact) mass is 368 g/mol. The van der Waals surface area contributed by atoms with Crippen LogP contribution in [0.15, 0.2) is 18.2 Å². The molecule has 1 aromatic rings. The van der Waals surface area contributed by atoms with Crippen LogP contribution < -0.4 is 5.32 Å². The second-order valence-corrected chi connectivity index (χ2v) is 7.35. The van der Waals surface area contributed by atoms with Gasteiger partial charge in [-0.25, -0.2) is 0 Å². The van der Waals surface area contributed by atoms with Crippen molar-refractivity contribution in [3.8, 4) is 0 Å². The van der Waals surface area contributed by atoms with E-state index in [9.17, 15) is 26.3 Å². The molecule has 2 nitrogen and oxygen atoms in total. The smallest absolute Gasteiger partial charge is 0.314 e. The molecule has 1 saturated heterocycles. The molecule has 25 heavy (non-hydrogen) atoms. The van der Waals surface area contributed by atoms with E-state index < -0.39 is 34.9 Å². The van der Waals surface area contributed by atoms with Crippen molar-refractivity contribution in [2.45, 2.75) is 39.2 Å². The first-order valence-corrected chi connectivity index (χ1v) is 8.05. The summed E-state index contributed by atoms with van der Waals surface area (Å²) < 4.78 is 79.3. The van der Waals surface area contributed by atoms with Crippen LogP contribution in [0, 0.1) is 5.41 Å². The Balaban J connectivity index is 2.60. The molecule has 1 aliphatic rings. The molecule has 0 aromatic heterocycles. The van der Waals surface area contributed by atoms with Crippen molar-refractivity contribution in [1.29, 1.82) is 0 Å². The quantitative estimate of drug-likeness (QED) is 0.760. The average Bonchev–Trinajstić information content (AvgIpc) is 2.45. The van der Waals surface area contributed by atoms with Gasteiger partial charge in [-0.1, -0.05) is 26.8 Å². The molecule has 0 aliphatic carbocycles. The van der Waals surface area contributed by atoms with Crippen molar-refractivity contribution in [3.05, 3.63) is 34.9 Å². The number of benzene rings is 1. The Morgan fingerprint density at radius 2 is 1.48 bits per heavy atom. The van der Waals surface area contributed by atoms with E-state index in [4.69, 9.17) is 0 Å². The standard InChI is InChI=1S/C17H22F6N2/c1-15(2,3)14(25-8-6-24-7-9-25)12-5-4-11(16(18,19)20)10-13(12)17(21,22)23/h4-5,10,14,24H,6-9H2,1-3H3/t14-/m1/s1. The number of hydrogen-bond donors (Lipinski definition) is 1. The first-order valence-electron chi connectivity index (χ1n) is 8.05. The Morgan fingerprint density at radius 3 is 1.92 bits per heavy atom. The minimum absolute atomic E-state index is 0.102. The lowest BCUT2D eigenvalue weighted by Gasteiger charge is -2.43. The SMILES string of the molecule is CC(C)(C)[C@@H](c1ccc(C(F)(F)F)cc1C(F)(F)F)N1CCNCC1. The highest BCUT2D eigenvalue weighted by atomic mass is 19.4. The maximum atomic E-state index is 13.5. The molecule has 1 aromatic carbocycles. The summed E-state index contributed by atoms with van der Waals surface area (Å²) in [4.78, 5) is 1.91. The number of rotatable bonds is 2. The number of piperazine rings is 1. The number of nitrogens with zero attached hydrogens (tertiary/aromatic N) is 1. The van der Waals surface area contributed by atoms with Crippen LogP contribution in [0.1, 0.15) is 43.5 Å². The normalized spacial score (nSPS) is 19.1. The highest BCUT2D eigenvalue weighted by molar-refractivity contribution is 5.38. The first kappa shape index (κ1) is 20.0. The molecule has 1 N–H and O–H groups in total. The first-order chi connectivity index (χ1) is 11.3. The van der Waals surface area contributed by atoms with E-state index in [1.54, 1.807) is 20.8 Å². The number of hydrogen-bond acceptors (Lipinski definition) is 2. The lowest BCUT2D eigenvalue weighted by molar-refractivity contribution is -0.144. The summed E-state index contributed by atoms with van der Waals surface area (Å²) in [5.41, 5.74) is -3.16. The van der Waals surface area contributed by atoms with Gasteiger partial charge in [0, 0.05) is 32.2 Å². The van der Waals surface area contributed by atoms with Crippen molar-refractivity contribution in [2.24, 2.45) is 5.41 Å². The van der Waals surface area contributed by atoms with Crippen LogP contribution in [-0.2, 0) is 12.4 Å². The van der Waals surface area contributed by atoms with Crippen molar-refractivity contribution < 1.29 is 26.3 Å². The summed E-state index contributed by atoms with van der Waals surface area (Å²) in [7, 11) is 0. The van der Waals surface area contributed by atoms with E-state index in [0.29, 0.717) is 26.2 Å². The van der Waals surface area contributed by atoms with Gasteiger partial charge in [0.2, 0.25) is 0 Å². The zero-order chi connectivity index (χ0) is 19.0. The molecular weight excluding hydrogens is 346 g/mol. The fourth-order valence-corrected chi connectivity index (χ4v) is 3.37. The van der Waals surface area contributed by atoms with E-state index in [1.165, 1.54) is 0 Å². The van der Waals surface area contributed by atoms with Crippen LogP contribution in [0.25, 0.3) is 0 Å². The summed E-state index contributed by atoms with van der Waals surface area (Å²) in [6.45, 7) is 7.76. The lowest BCUT2D eigenvalue weighted by Crippen LogP contribution is -2.48. The molecule has 0 radical (unpaired) electrons. The maximum Gasteiger partial charge on any atom is 0.416 e. The maximum absolute atomic E-state index is 13.5. The van der Waals surface area contributed by atoms with Crippen molar-refractivity contribution in [3.63, 3.8) is 0 Å². The van der Waals surface area contributed by atoms with Gasteiger partial charge in [0.15, 0.2) is 0 Å². The Morgan fingerprint density at radius 1 is 0.920 bits per heavy atom. The molecule has 1 heterocycles. The summed E-state index contributed by atoms with van der Waals surface area (Å²) in [5, 5.41) is 3.13. The van der Waals surface area contributed by atoms with Gasteiger partial charge in [-0.05, 0) is 23.1 Å². The van der Waals surface area contributed by atoms with Crippen LogP contribution in [0.3, 0.4) is 0 Å². The van der Waals surface area contributed by atoms with Gasteiger partial charge in [-0.3, -0.25) is 4.90 Å². The predicted molar refractivity (Wildman–Crippen MR) is 83.1 cm³/mol. The number of alkyl halides is 6. The molecule has 2 rings (SSSR count). The fraction of sp³-hybridized carbons (Fsp3) is 0.647. The summed E-state index contributed by atoms with van der Waals surface area (Å²) in [6, 6.07) is 1.33. The molecule has 0 spiro atoms. The third-order valence-corrected chi connectivity index (χ3v) is 4.32. The van der Waals surface area contributed by atoms with Gasteiger partial charge in [0.25, 0.3) is 0 Å². The largest absolute Gasteiger partial charge is 0.416 e. The van der Waals surface area contributed by atoms with Crippen molar-refractivity contribution in [1.82, 2.24) is 10.2 Å². The average molecular weight is 368 g/mol. The number of halogens is 6. The zero-order valence-corrected chi connectivity index (χ0v) is 14.4. The molecular formula is C17H22F6N2. The Kier molecular flexibility index (Phi) is 5.45. The van der Waals surface area contributed by atoms with E-state index in [2.05, 4.69) is 5.32 Å². The molecule has 1 fully saturated rings. The van der Waals surface area contributed by atoms with Crippen LogP contribution in [0.5, 0.6) is 0 Å². The van der Waals surface area contributed by atoms with Gasteiger partial charge in [0.05, 0.1) is 11.1 Å². The van der Waals surface area contributed by atoms with Crippen LogP contribution in [0.2, 0.25) is 0 Å². The highest BCUT2D eigenvalue weighted by Gasteiger charge is 2.43. The van der Waals surface area contributed by atoms with Crippen LogP contribution in [-0.4, -0.2) is 31.1 Å². The van der Waals surface area contributed by atoms with Gasteiger partial charge < -0.3 is 5.32 Å².